The summed E-state index contributed by atoms with van der Waals surface area (Å²) in [5, 5.41) is 2.74. The van der Waals surface area contributed by atoms with Gasteiger partial charge in [0.25, 0.3) is 5.91 Å². The molecule has 1 saturated heterocycles. The lowest BCUT2D eigenvalue weighted by molar-refractivity contribution is -0.122. The fraction of sp³-hybridized carbons (Fsp3) is 0.409. The Morgan fingerprint density at radius 3 is 2.55 bits per heavy atom. The maximum absolute atomic E-state index is 13.1. The zero-order valence-corrected chi connectivity index (χ0v) is 18.8. The molecule has 8 nitrogen and oxygen atoms in total. The van der Waals surface area contributed by atoms with Gasteiger partial charge in [0.1, 0.15) is 16.4 Å². The van der Waals surface area contributed by atoms with Crippen molar-refractivity contribution >= 4 is 21.6 Å². The minimum absolute atomic E-state index is 0.000370. The summed E-state index contributed by atoms with van der Waals surface area (Å²) in [6.45, 7) is 4.88. The van der Waals surface area contributed by atoms with Crippen LogP contribution < -0.4 is 14.8 Å². The van der Waals surface area contributed by atoms with Crippen molar-refractivity contribution in [3.63, 3.8) is 0 Å². The van der Waals surface area contributed by atoms with E-state index in [0.29, 0.717) is 24.7 Å². The second kappa shape index (κ2) is 10.1. The smallest absolute Gasteiger partial charge is 0.265 e. The number of amides is 1. The Balaban J connectivity index is 1.78. The monoisotopic (exact) mass is 448 g/mol. The standard InChI is InChI=1S/C22H28N2O6S/c1-4-17-7-5-6-8-19(17)30-16(2)22(25)23-18-9-10-20(28-3)21(15-18)31(26,27)24-11-13-29-14-12-24/h5-10,15-16H,4,11-14H2,1-3H3,(H,23,25)/t16-/m0/s1. The lowest BCUT2D eigenvalue weighted by atomic mass is 10.1. The molecular formula is C22H28N2O6S. The van der Waals surface area contributed by atoms with Gasteiger partial charge in [0, 0.05) is 18.8 Å². The number of nitrogens with one attached hydrogen (secondary N) is 1. The van der Waals surface area contributed by atoms with Crippen LogP contribution in [-0.2, 0) is 26.0 Å². The van der Waals surface area contributed by atoms with Gasteiger partial charge in [-0.15, -0.1) is 0 Å². The molecule has 3 rings (SSSR count). The number of hydrogen-bond acceptors (Lipinski definition) is 6. The van der Waals surface area contributed by atoms with Gasteiger partial charge < -0.3 is 19.5 Å². The van der Waals surface area contributed by atoms with Crippen molar-refractivity contribution in [3.05, 3.63) is 48.0 Å². The topological polar surface area (TPSA) is 94.2 Å². The molecule has 9 heteroatoms. The molecule has 1 atom stereocenters. The van der Waals surface area contributed by atoms with Crippen molar-refractivity contribution in [2.24, 2.45) is 0 Å². The summed E-state index contributed by atoms with van der Waals surface area (Å²) in [5.41, 5.74) is 1.35. The van der Waals surface area contributed by atoms with Crippen molar-refractivity contribution in [2.45, 2.75) is 31.3 Å². The Labute approximate surface area is 183 Å². The van der Waals surface area contributed by atoms with Gasteiger partial charge in [-0.05, 0) is 43.2 Å². The average Bonchev–Trinajstić information content (AvgIpc) is 2.79. The average molecular weight is 449 g/mol. The van der Waals surface area contributed by atoms with E-state index < -0.39 is 16.1 Å². The van der Waals surface area contributed by atoms with Crippen molar-refractivity contribution in [1.82, 2.24) is 4.31 Å². The van der Waals surface area contributed by atoms with Crippen LogP contribution >= 0.6 is 0 Å². The van der Waals surface area contributed by atoms with Crippen LogP contribution in [0.15, 0.2) is 47.4 Å². The lowest BCUT2D eigenvalue weighted by Crippen LogP contribution is -2.40. The van der Waals surface area contributed by atoms with Crippen LogP contribution in [0.5, 0.6) is 11.5 Å². The normalized spacial score (nSPS) is 15.8. The summed E-state index contributed by atoms with van der Waals surface area (Å²) in [5.74, 6) is 0.481. The summed E-state index contributed by atoms with van der Waals surface area (Å²) >= 11 is 0. The highest BCUT2D eigenvalue weighted by Crippen LogP contribution is 2.30. The molecular weight excluding hydrogens is 420 g/mol. The maximum Gasteiger partial charge on any atom is 0.265 e. The third-order valence-electron chi connectivity index (χ3n) is 5.05. The number of aryl methyl sites for hydroxylation is 1. The fourth-order valence-electron chi connectivity index (χ4n) is 3.28. The molecule has 31 heavy (non-hydrogen) atoms. The first kappa shape index (κ1) is 23.1. The van der Waals surface area contributed by atoms with Gasteiger partial charge in [-0.3, -0.25) is 4.79 Å². The van der Waals surface area contributed by atoms with E-state index in [1.807, 2.05) is 31.2 Å². The summed E-state index contributed by atoms with van der Waals surface area (Å²) in [6.07, 6.45) is 0.0141. The van der Waals surface area contributed by atoms with Crippen LogP contribution in [0.25, 0.3) is 0 Å². The molecule has 0 aromatic heterocycles. The van der Waals surface area contributed by atoms with Crippen molar-refractivity contribution in [3.8, 4) is 11.5 Å². The highest BCUT2D eigenvalue weighted by molar-refractivity contribution is 7.89. The number of para-hydroxylation sites is 1. The van der Waals surface area contributed by atoms with Gasteiger partial charge >= 0.3 is 0 Å². The zero-order chi connectivity index (χ0) is 22.4. The Morgan fingerprint density at radius 2 is 1.87 bits per heavy atom. The first-order chi connectivity index (χ1) is 14.9. The van der Waals surface area contributed by atoms with Crippen LogP contribution in [0.1, 0.15) is 19.4 Å². The summed E-state index contributed by atoms with van der Waals surface area (Å²) < 4.78 is 43.9. The van der Waals surface area contributed by atoms with Gasteiger partial charge in [0.15, 0.2) is 6.10 Å². The Morgan fingerprint density at radius 1 is 1.16 bits per heavy atom. The number of benzene rings is 2. The molecule has 1 amide bonds. The minimum Gasteiger partial charge on any atom is -0.495 e. The van der Waals surface area contributed by atoms with Crippen molar-refractivity contribution < 1.29 is 27.4 Å². The maximum atomic E-state index is 13.1. The number of morpholine rings is 1. The SMILES string of the molecule is CCc1ccccc1O[C@@H](C)C(=O)Nc1ccc(OC)c(S(=O)(=O)N2CCOCC2)c1. The molecule has 1 N–H and O–H groups in total. The van der Waals surface area contributed by atoms with Gasteiger partial charge in [-0.1, -0.05) is 25.1 Å². The Bertz CT molecular complexity index is 1020. The quantitative estimate of drug-likeness (QED) is 0.667. The number of carbonyl (C=O) groups excluding carboxylic acids is 1. The number of sulfonamides is 1. The van der Waals surface area contributed by atoms with Crippen LogP contribution in [-0.4, -0.2) is 58.1 Å². The molecule has 0 radical (unpaired) electrons. The first-order valence-corrected chi connectivity index (χ1v) is 11.6. The molecule has 1 aliphatic heterocycles. The highest BCUT2D eigenvalue weighted by atomic mass is 32.2. The number of ether oxygens (including phenoxy) is 3. The molecule has 2 aromatic carbocycles. The molecule has 0 bridgehead atoms. The molecule has 168 valence electrons. The summed E-state index contributed by atoms with van der Waals surface area (Å²) in [7, 11) is -2.39. The van der Waals surface area contributed by atoms with E-state index in [1.165, 1.54) is 23.5 Å². The van der Waals surface area contributed by atoms with Crippen LogP contribution in [0, 0.1) is 0 Å². The molecule has 1 fully saturated rings. The van der Waals surface area contributed by atoms with Crippen LogP contribution in [0.2, 0.25) is 0 Å². The van der Waals surface area contributed by atoms with E-state index in [-0.39, 0.29) is 29.6 Å². The predicted octanol–water partition coefficient (Wildman–Crippen LogP) is 2.68. The molecule has 0 spiro atoms. The van der Waals surface area contributed by atoms with Crippen LogP contribution in [0.3, 0.4) is 0 Å². The van der Waals surface area contributed by atoms with E-state index in [9.17, 15) is 13.2 Å². The molecule has 0 aliphatic carbocycles. The second-order valence-electron chi connectivity index (χ2n) is 7.09. The van der Waals surface area contributed by atoms with Gasteiger partial charge in [0.2, 0.25) is 10.0 Å². The van der Waals surface area contributed by atoms with Gasteiger partial charge in [0.05, 0.1) is 20.3 Å². The molecule has 0 unspecified atom stereocenters. The van der Waals surface area contributed by atoms with Gasteiger partial charge in [-0.25, -0.2) is 8.42 Å². The van der Waals surface area contributed by atoms with Crippen molar-refractivity contribution in [2.75, 3.05) is 38.7 Å². The third kappa shape index (κ3) is 5.36. The zero-order valence-electron chi connectivity index (χ0n) is 18.0. The van der Waals surface area contributed by atoms with E-state index in [2.05, 4.69) is 5.32 Å². The predicted molar refractivity (Wildman–Crippen MR) is 117 cm³/mol. The highest BCUT2D eigenvalue weighted by Gasteiger charge is 2.30. The summed E-state index contributed by atoms with van der Waals surface area (Å²) in [4.78, 5) is 12.7. The number of hydrogen-bond donors (Lipinski definition) is 1. The largest absolute Gasteiger partial charge is 0.495 e. The molecule has 2 aromatic rings. The van der Waals surface area contributed by atoms with E-state index in [0.717, 1.165) is 12.0 Å². The number of anilines is 1. The fourth-order valence-corrected chi connectivity index (χ4v) is 4.87. The minimum atomic E-state index is -3.80. The molecule has 0 saturated carbocycles. The molecule has 1 aliphatic rings. The number of carbonyl (C=O) groups is 1. The van der Waals surface area contributed by atoms with Crippen molar-refractivity contribution in [1.29, 1.82) is 0 Å². The lowest BCUT2D eigenvalue weighted by Gasteiger charge is -2.27. The van der Waals surface area contributed by atoms with E-state index in [1.54, 1.807) is 13.0 Å². The Hall–Kier alpha value is -2.62. The van der Waals surface area contributed by atoms with E-state index >= 15 is 0 Å². The number of rotatable bonds is 8. The number of methoxy groups -OCH3 is 1. The van der Waals surface area contributed by atoms with Gasteiger partial charge in [-0.2, -0.15) is 4.31 Å². The van der Waals surface area contributed by atoms with Crippen LogP contribution in [0.4, 0.5) is 5.69 Å². The third-order valence-corrected chi connectivity index (χ3v) is 6.97. The number of nitrogens with zero attached hydrogens (tertiary/aromatic N) is 1. The Kier molecular flexibility index (Phi) is 7.53. The second-order valence-corrected chi connectivity index (χ2v) is 9.00. The van der Waals surface area contributed by atoms with E-state index in [4.69, 9.17) is 14.2 Å². The summed E-state index contributed by atoms with van der Waals surface area (Å²) in [6, 6.07) is 12.1. The molecule has 1 heterocycles. The first-order valence-electron chi connectivity index (χ1n) is 10.2.